The second-order valence-corrected chi connectivity index (χ2v) is 11.8. The average Bonchev–Trinajstić information content (AvgIpc) is 3.05. The number of aliphatic hydroxyl groups is 1. The van der Waals surface area contributed by atoms with Crippen LogP contribution in [-0.2, 0) is 9.53 Å². The van der Waals surface area contributed by atoms with Gasteiger partial charge in [-0.25, -0.2) is 0 Å². The van der Waals surface area contributed by atoms with Gasteiger partial charge in [-0.2, -0.15) is 0 Å². The van der Waals surface area contributed by atoms with Gasteiger partial charge in [0.05, 0.1) is 13.2 Å². The number of fused-ring (bicyclic) bond motifs is 5. The van der Waals surface area contributed by atoms with Crippen LogP contribution in [0.15, 0.2) is 0 Å². The zero-order chi connectivity index (χ0) is 20.8. The molecule has 1 unspecified atom stereocenters. The Bertz CT molecular complexity index is 603. The minimum absolute atomic E-state index is 0.0415. The summed E-state index contributed by atoms with van der Waals surface area (Å²) in [5.41, 5.74) is 0.983. The SMILES string of the molecule is COC(=O)CCCC(C)[C@H]1CC[C@H]2[C@@H]3CC[C@H]4C[C@@H](O)CC[C@]4(C)[C@H]3CC[C@]12C. The molecule has 4 aliphatic carbocycles. The van der Waals surface area contributed by atoms with Crippen LogP contribution in [-0.4, -0.2) is 24.3 Å². The van der Waals surface area contributed by atoms with E-state index < -0.39 is 0 Å². The van der Waals surface area contributed by atoms with Crippen molar-refractivity contribution in [2.24, 2.45) is 46.3 Å². The van der Waals surface area contributed by atoms with Gasteiger partial charge in [-0.1, -0.05) is 20.8 Å². The van der Waals surface area contributed by atoms with Gasteiger partial charge in [0.25, 0.3) is 0 Å². The van der Waals surface area contributed by atoms with Gasteiger partial charge >= 0.3 is 5.97 Å². The number of hydrogen-bond donors (Lipinski definition) is 1. The number of methoxy groups -OCH3 is 1. The normalized spacial score (nSPS) is 47.6. The molecule has 9 atom stereocenters. The van der Waals surface area contributed by atoms with Gasteiger partial charge in [-0.3, -0.25) is 4.79 Å². The molecule has 3 heteroatoms. The summed E-state index contributed by atoms with van der Waals surface area (Å²) in [5, 5.41) is 10.2. The second-order valence-electron chi connectivity index (χ2n) is 11.8. The number of carbonyl (C=O) groups is 1. The minimum Gasteiger partial charge on any atom is -0.469 e. The van der Waals surface area contributed by atoms with E-state index in [1.807, 2.05) is 0 Å². The van der Waals surface area contributed by atoms with E-state index in [-0.39, 0.29) is 12.1 Å². The van der Waals surface area contributed by atoms with E-state index in [9.17, 15) is 9.90 Å². The Morgan fingerprint density at radius 3 is 2.52 bits per heavy atom. The molecule has 166 valence electrons. The summed E-state index contributed by atoms with van der Waals surface area (Å²) in [4.78, 5) is 11.5. The molecule has 4 aliphatic rings. The van der Waals surface area contributed by atoms with Gasteiger partial charge in [0.1, 0.15) is 0 Å². The summed E-state index contributed by atoms with van der Waals surface area (Å²) in [6.45, 7) is 7.66. The van der Waals surface area contributed by atoms with Gasteiger partial charge in [-0.05, 0) is 117 Å². The van der Waals surface area contributed by atoms with E-state index in [2.05, 4.69) is 20.8 Å². The Labute approximate surface area is 178 Å². The van der Waals surface area contributed by atoms with E-state index in [4.69, 9.17) is 4.74 Å². The third-order valence-corrected chi connectivity index (χ3v) is 10.7. The molecule has 0 aromatic rings. The highest BCUT2D eigenvalue weighted by Gasteiger charge is 2.60. The Kier molecular flexibility index (Phi) is 6.10. The zero-order valence-corrected chi connectivity index (χ0v) is 19.3. The second kappa shape index (κ2) is 8.17. The monoisotopic (exact) mass is 404 g/mol. The number of carbonyl (C=O) groups excluding carboxylic acids is 1. The molecule has 0 amide bonds. The van der Waals surface area contributed by atoms with Gasteiger partial charge in [-0.15, -0.1) is 0 Å². The lowest BCUT2D eigenvalue weighted by Gasteiger charge is -2.61. The predicted molar refractivity (Wildman–Crippen MR) is 116 cm³/mol. The fraction of sp³-hybridized carbons (Fsp3) is 0.962. The van der Waals surface area contributed by atoms with Crippen LogP contribution in [0.3, 0.4) is 0 Å². The molecule has 0 aliphatic heterocycles. The highest BCUT2D eigenvalue weighted by atomic mass is 16.5. The number of rotatable bonds is 5. The van der Waals surface area contributed by atoms with E-state index >= 15 is 0 Å². The molecule has 4 rings (SSSR count). The summed E-state index contributed by atoms with van der Waals surface area (Å²) in [7, 11) is 1.50. The standard InChI is InChI=1S/C26H44O3/c1-17(6-5-7-24(28)29-4)21-10-11-22-20-9-8-18-16-19(27)12-14-25(18,2)23(20)13-15-26(21,22)3/h17-23,27H,5-16H2,1-4H3/t17?,18-,19-,20-,21+,22-,23-,25-,26+/m0/s1. The zero-order valence-electron chi connectivity index (χ0n) is 19.3. The molecule has 0 heterocycles. The van der Waals surface area contributed by atoms with Crippen LogP contribution >= 0.6 is 0 Å². The van der Waals surface area contributed by atoms with Crippen LogP contribution in [0.2, 0.25) is 0 Å². The third kappa shape index (κ3) is 3.68. The quantitative estimate of drug-likeness (QED) is 0.573. The van der Waals surface area contributed by atoms with E-state index in [1.165, 1.54) is 52.1 Å². The van der Waals surface area contributed by atoms with Crippen molar-refractivity contribution in [3.05, 3.63) is 0 Å². The van der Waals surface area contributed by atoms with Crippen LogP contribution in [0.25, 0.3) is 0 Å². The van der Waals surface area contributed by atoms with Crippen LogP contribution < -0.4 is 0 Å². The summed E-state index contributed by atoms with van der Waals surface area (Å²) < 4.78 is 4.83. The van der Waals surface area contributed by atoms with Gasteiger partial charge in [0, 0.05) is 6.42 Å². The maximum absolute atomic E-state index is 11.5. The molecule has 0 aromatic carbocycles. The van der Waals surface area contributed by atoms with Crippen molar-refractivity contribution in [2.75, 3.05) is 7.11 Å². The number of esters is 1. The molecule has 4 fully saturated rings. The topological polar surface area (TPSA) is 46.5 Å². The average molecular weight is 405 g/mol. The maximum Gasteiger partial charge on any atom is 0.305 e. The largest absolute Gasteiger partial charge is 0.469 e. The number of aliphatic hydroxyl groups excluding tert-OH is 1. The van der Waals surface area contributed by atoms with E-state index in [0.29, 0.717) is 23.2 Å². The van der Waals surface area contributed by atoms with Crippen LogP contribution in [0.5, 0.6) is 0 Å². The third-order valence-electron chi connectivity index (χ3n) is 10.7. The fourth-order valence-electron chi connectivity index (χ4n) is 9.08. The van der Waals surface area contributed by atoms with Crippen molar-refractivity contribution < 1.29 is 14.6 Å². The fourth-order valence-corrected chi connectivity index (χ4v) is 9.08. The van der Waals surface area contributed by atoms with Crippen LogP contribution in [0, 0.1) is 46.3 Å². The van der Waals surface area contributed by atoms with Gasteiger partial charge < -0.3 is 9.84 Å². The van der Waals surface area contributed by atoms with E-state index in [0.717, 1.165) is 55.3 Å². The van der Waals surface area contributed by atoms with Crippen molar-refractivity contribution in [3.63, 3.8) is 0 Å². The van der Waals surface area contributed by atoms with Crippen molar-refractivity contribution in [3.8, 4) is 0 Å². The number of hydrogen-bond acceptors (Lipinski definition) is 3. The highest BCUT2D eigenvalue weighted by Crippen LogP contribution is 2.68. The molecular weight excluding hydrogens is 360 g/mol. The number of ether oxygens (including phenoxy) is 1. The van der Waals surface area contributed by atoms with Crippen molar-refractivity contribution >= 4 is 5.97 Å². The van der Waals surface area contributed by atoms with Crippen molar-refractivity contribution in [2.45, 2.75) is 104 Å². The molecule has 0 spiro atoms. The van der Waals surface area contributed by atoms with Gasteiger partial charge in [0.15, 0.2) is 0 Å². The molecule has 1 N–H and O–H groups in total. The first-order chi connectivity index (χ1) is 13.8. The lowest BCUT2D eigenvalue weighted by molar-refractivity contribution is -0.140. The summed E-state index contributed by atoms with van der Waals surface area (Å²) in [5.74, 6) is 4.94. The Balaban J connectivity index is 1.44. The predicted octanol–water partition coefficient (Wildman–Crippen LogP) is 5.99. The molecule has 29 heavy (non-hydrogen) atoms. The van der Waals surface area contributed by atoms with Crippen LogP contribution in [0.4, 0.5) is 0 Å². The molecule has 4 saturated carbocycles. The first-order valence-corrected chi connectivity index (χ1v) is 12.5. The Morgan fingerprint density at radius 2 is 1.76 bits per heavy atom. The maximum atomic E-state index is 11.5. The lowest BCUT2D eigenvalue weighted by atomic mass is 9.44. The van der Waals surface area contributed by atoms with E-state index in [1.54, 1.807) is 0 Å². The molecule has 0 bridgehead atoms. The molecule has 0 aromatic heterocycles. The summed E-state index contributed by atoms with van der Waals surface area (Å²) >= 11 is 0. The first-order valence-electron chi connectivity index (χ1n) is 12.5. The summed E-state index contributed by atoms with van der Waals surface area (Å²) in [6.07, 6.45) is 14.4. The molecule has 0 radical (unpaired) electrons. The smallest absolute Gasteiger partial charge is 0.305 e. The molecular formula is C26H44O3. The Morgan fingerprint density at radius 1 is 1.03 bits per heavy atom. The lowest BCUT2D eigenvalue weighted by Crippen LogP contribution is -2.54. The first kappa shape index (κ1) is 21.7. The molecule has 0 saturated heterocycles. The van der Waals surface area contributed by atoms with Gasteiger partial charge in [0.2, 0.25) is 0 Å². The summed E-state index contributed by atoms with van der Waals surface area (Å²) in [6, 6.07) is 0. The van der Waals surface area contributed by atoms with Crippen molar-refractivity contribution in [1.29, 1.82) is 0 Å². The van der Waals surface area contributed by atoms with Crippen LogP contribution in [0.1, 0.15) is 97.8 Å². The minimum atomic E-state index is -0.0594. The highest BCUT2D eigenvalue weighted by molar-refractivity contribution is 5.68. The molecule has 3 nitrogen and oxygen atoms in total. The van der Waals surface area contributed by atoms with Crippen molar-refractivity contribution in [1.82, 2.24) is 0 Å². The Hall–Kier alpha value is -0.570.